The highest BCUT2D eigenvalue weighted by atomic mass is 16.5. The summed E-state index contributed by atoms with van der Waals surface area (Å²) in [5.41, 5.74) is 7.14. The third kappa shape index (κ3) is 4.01. The molecule has 2 rings (SSSR count). The zero-order valence-electron chi connectivity index (χ0n) is 11.4. The van der Waals surface area contributed by atoms with E-state index in [0.29, 0.717) is 13.2 Å². The molecule has 0 aliphatic rings. The summed E-state index contributed by atoms with van der Waals surface area (Å²) in [7, 11) is 1.96. The maximum Gasteiger partial charge on any atom is 0.220 e. The molecule has 0 atom stereocenters. The summed E-state index contributed by atoms with van der Waals surface area (Å²) in [5.74, 6) is 0.358. The van der Waals surface area contributed by atoms with Gasteiger partial charge in [-0.1, -0.05) is 0 Å². The van der Waals surface area contributed by atoms with Crippen LogP contribution in [0.2, 0.25) is 0 Å². The fourth-order valence-corrected chi connectivity index (χ4v) is 1.69. The van der Waals surface area contributed by atoms with Crippen LogP contribution in [-0.2, 0) is 18.4 Å². The van der Waals surface area contributed by atoms with Crippen molar-refractivity contribution in [3.05, 3.63) is 42.5 Å². The van der Waals surface area contributed by atoms with E-state index in [-0.39, 0.29) is 12.3 Å². The summed E-state index contributed by atoms with van der Waals surface area (Å²) in [6.07, 6.45) is 3.82. The molecular weight excluding hydrogens is 256 g/mol. The summed E-state index contributed by atoms with van der Waals surface area (Å²) in [6.45, 7) is 1.01. The normalized spacial score (nSPS) is 10.2. The van der Waals surface area contributed by atoms with Crippen molar-refractivity contribution in [3.8, 4) is 5.75 Å². The number of nitrogens with zero attached hydrogens (tertiary/aromatic N) is 2. The van der Waals surface area contributed by atoms with E-state index in [2.05, 4.69) is 10.3 Å². The zero-order chi connectivity index (χ0) is 14.4. The summed E-state index contributed by atoms with van der Waals surface area (Å²) in [6, 6.07) is 7.56. The fraction of sp³-hybridized carbons (Fsp3) is 0.286. The van der Waals surface area contributed by atoms with Gasteiger partial charge in [0, 0.05) is 18.9 Å². The summed E-state index contributed by atoms with van der Waals surface area (Å²) < 4.78 is 7.37. The number of nitrogens with one attached hydrogen (secondary N) is 1. The molecule has 0 aliphatic heterocycles. The Morgan fingerprint density at radius 2 is 2.15 bits per heavy atom. The number of carbonyl (C=O) groups is 1. The predicted octanol–water partition coefficient (Wildman–Crippen LogP) is 1.29. The number of carbonyl (C=O) groups excluding carboxylic acids is 1. The molecule has 0 fully saturated rings. The number of aryl methyl sites for hydroxylation is 1. The number of anilines is 1. The lowest BCUT2D eigenvalue weighted by atomic mass is 10.3. The lowest BCUT2D eigenvalue weighted by molar-refractivity contribution is -0.118. The second-order valence-electron chi connectivity index (χ2n) is 4.44. The van der Waals surface area contributed by atoms with Gasteiger partial charge in [0.05, 0.1) is 31.6 Å². The number of imidazole rings is 1. The number of ether oxygens (including phenoxy) is 1. The average Bonchev–Trinajstić information content (AvgIpc) is 2.83. The number of hydrogen-bond acceptors (Lipinski definition) is 4. The predicted molar refractivity (Wildman–Crippen MR) is 76.3 cm³/mol. The van der Waals surface area contributed by atoms with Gasteiger partial charge in [-0.15, -0.1) is 0 Å². The first-order valence-electron chi connectivity index (χ1n) is 6.35. The lowest BCUT2D eigenvalue weighted by Gasteiger charge is -2.09. The Morgan fingerprint density at radius 3 is 2.75 bits per heavy atom. The first-order chi connectivity index (χ1) is 9.65. The van der Waals surface area contributed by atoms with Crippen molar-refractivity contribution >= 4 is 11.6 Å². The van der Waals surface area contributed by atoms with Crippen molar-refractivity contribution in [1.29, 1.82) is 0 Å². The van der Waals surface area contributed by atoms with Crippen LogP contribution in [0.5, 0.6) is 5.75 Å². The third-order valence-electron chi connectivity index (χ3n) is 2.86. The molecule has 0 bridgehead atoms. The summed E-state index contributed by atoms with van der Waals surface area (Å²) in [5, 5.41) is 3.30. The molecule has 0 spiro atoms. The van der Waals surface area contributed by atoms with Gasteiger partial charge in [0.1, 0.15) is 5.75 Å². The molecule has 1 aromatic carbocycles. The first kappa shape index (κ1) is 13.9. The van der Waals surface area contributed by atoms with Crippen LogP contribution in [0.15, 0.2) is 36.8 Å². The molecule has 6 heteroatoms. The molecule has 2 aromatic rings. The van der Waals surface area contributed by atoms with E-state index >= 15 is 0 Å². The Kier molecular flexibility index (Phi) is 4.60. The van der Waals surface area contributed by atoms with Gasteiger partial charge in [0.2, 0.25) is 5.91 Å². The molecule has 6 nitrogen and oxygen atoms in total. The molecule has 3 N–H and O–H groups in total. The first-order valence-corrected chi connectivity index (χ1v) is 6.35. The van der Waals surface area contributed by atoms with Crippen molar-refractivity contribution in [1.82, 2.24) is 9.55 Å². The minimum absolute atomic E-state index is 0.223. The number of benzene rings is 1. The highest BCUT2D eigenvalue weighted by Crippen LogP contribution is 2.16. The van der Waals surface area contributed by atoms with E-state index in [1.807, 2.05) is 42.1 Å². The molecule has 0 saturated carbocycles. The Labute approximate surface area is 117 Å². The van der Waals surface area contributed by atoms with Gasteiger partial charge >= 0.3 is 0 Å². The van der Waals surface area contributed by atoms with Crippen LogP contribution >= 0.6 is 0 Å². The second-order valence-corrected chi connectivity index (χ2v) is 4.44. The van der Waals surface area contributed by atoms with Crippen molar-refractivity contribution < 1.29 is 9.53 Å². The van der Waals surface area contributed by atoms with E-state index in [0.717, 1.165) is 17.1 Å². The van der Waals surface area contributed by atoms with Crippen LogP contribution in [-0.4, -0.2) is 22.1 Å². The number of aromatic nitrogens is 2. The van der Waals surface area contributed by atoms with Crippen molar-refractivity contribution in [2.24, 2.45) is 12.8 Å². The van der Waals surface area contributed by atoms with Gasteiger partial charge in [0.15, 0.2) is 0 Å². The standard InChI is InChI=1S/C14H18N4O2/c1-18-10-16-8-12(18)9-17-11-2-4-13(5-3-11)20-7-6-14(15)19/h2-5,8,10,17H,6-7,9H2,1H3,(H2,15,19). The van der Waals surface area contributed by atoms with E-state index in [1.165, 1.54) is 0 Å². The third-order valence-corrected chi connectivity index (χ3v) is 2.86. The fourth-order valence-electron chi connectivity index (χ4n) is 1.69. The molecule has 0 saturated heterocycles. The Bertz CT molecular complexity index is 563. The number of nitrogens with two attached hydrogens (primary N) is 1. The van der Waals surface area contributed by atoms with Gasteiger partial charge in [-0.05, 0) is 24.3 Å². The van der Waals surface area contributed by atoms with Crippen molar-refractivity contribution in [2.75, 3.05) is 11.9 Å². The van der Waals surface area contributed by atoms with E-state index in [9.17, 15) is 4.79 Å². The quantitative estimate of drug-likeness (QED) is 0.797. The highest BCUT2D eigenvalue weighted by molar-refractivity contribution is 5.73. The molecule has 1 aromatic heterocycles. The molecule has 1 heterocycles. The number of hydrogen-bond donors (Lipinski definition) is 2. The molecule has 0 radical (unpaired) electrons. The topological polar surface area (TPSA) is 82.2 Å². The van der Waals surface area contributed by atoms with Crippen LogP contribution < -0.4 is 15.8 Å². The maximum absolute atomic E-state index is 10.6. The van der Waals surface area contributed by atoms with E-state index < -0.39 is 0 Å². The van der Waals surface area contributed by atoms with Gasteiger partial charge in [-0.25, -0.2) is 4.98 Å². The second kappa shape index (κ2) is 6.60. The van der Waals surface area contributed by atoms with E-state index in [4.69, 9.17) is 10.5 Å². The summed E-state index contributed by atoms with van der Waals surface area (Å²) >= 11 is 0. The minimum atomic E-state index is -0.362. The highest BCUT2D eigenvalue weighted by Gasteiger charge is 2.00. The Balaban J connectivity index is 1.82. The van der Waals surface area contributed by atoms with Gasteiger partial charge in [-0.2, -0.15) is 0 Å². The number of primary amides is 1. The zero-order valence-corrected chi connectivity index (χ0v) is 11.4. The molecule has 106 valence electrons. The van der Waals surface area contributed by atoms with Crippen LogP contribution in [0.3, 0.4) is 0 Å². The van der Waals surface area contributed by atoms with Gasteiger partial charge in [-0.3, -0.25) is 4.79 Å². The van der Waals surface area contributed by atoms with Gasteiger partial charge < -0.3 is 20.4 Å². The van der Waals surface area contributed by atoms with Crippen LogP contribution in [0, 0.1) is 0 Å². The number of amides is 1. The minimum Gasteiger partial charge on any atom is -0.493 e. The molecule has 20 heavy (non-hydrogen) atoms. The van der Waals surface area contributed by atoms with Crippen LogP contribution in [0.25, 0.3) is 0 Å². The van der Waals surface area contributed by atoms with Gasteiger partial charge in [0.25, 0.3) is 0 Å². The summed E-state index contributed by atoms with van der Waals surface area (Å²) in [4.78, 5) is 14.7. The average molecular weight is 274 g/mol. The van der Waals surface area contributed by atoms with Crippen molar-refractivity contribution in [3.63, 3.8) is 0 Å². The maximum atomic E-state index is 10.6. The molecule has 0 aliphatic carbocycles. The molecule has 0 unspecified atom stereocenters. The Morgan fingerprint density at radius 1 is 1.40 bits per heavy atom. The van der Waals surface area contributed by atoms with E-state index in [1.54, 1.807) is 6.33 Å². The molecule has 1 amide bonds. The largest absolute Gasteiger partial charge is 0.493 e. The van der Waals surface area contributed by atoms with Crippen LogP contribution in [0.1, 0.15) is 12.1 Å². The SMILES string of the molecule is Cn1cncc1CNc1ccc(OCCC(N)=O)cc1. The smallest absolute Gasteiger partial charge is 0.220 e. The molecular formula is C14H18N4O2. The number of rotatable bonds is 7. The lowest BCUT2D eigenvalue weighted by Crippen LogP contribution is -2.14. The van der Waals surface area contributed by atoms with Crippen molar-refractivity contribution in [2.45, 2.75) is 13.0 Å². The van der Waals surface area contributed by atoms with Crippen LogP contribution in [0.4, 0.5) is 5.69 Å². The Hall–Kier alpha value is -2.50. The monoisotopic (exact) mass is 274 g/mol.